The van der Waals surface area contributed by atoms with Crippen molar-refractivity contribution < 1.29 is 19.5 Å². The van der Waals surface area contributed by atoms with Crippen molar-refractivity contribution in [2.75, 3.05) is 14.1 Å². The second-order valence-corrected chi connectivity index (χ2v) is 4.31. The molecule has 1 aromatic rings. The first kappa shape index (κ1) is 14.7. The summed E-state index contributed by atoms with van der Waals surface area (Å²) in [6.07, 6.45) is 0. The molecule has 19 heavy (non-hydrogen) atoms. The number of carbonyl (C=O) groups is 3. The molecule has 0 bridgehead atoms. The number of hydrogen-bond acceptors (Lipinski definition) is 3. The van der Waals surface area contributed by atoms with Crippen molar-refractivity contribution in [1.82, 2.24) is 10.2 Å². The lowest BCUT2D eigenvalue weighted by Gasteiger charge is -2.12. The number of carboxylic acid groups (broad SMARTS) is 1. The average molecular weight is 264 g/mol. The van der Waals surface area contributed by atoms with Gasteiger partial charge in [-0.1, -0.05) is 6.07 Å². The molecule has 2 N–H and O–H groups in total. The second-order valence-electron chi connectivity index (χ2n) is 4.31. The summed E-state index contributed by atoms with van der Waals surface area (Å²) in [6, 6.07) is 5.15. The highest BCUT2D eigenvalue weighted by Crippen LogP contribution is 2.07. The Morgan fingerprint density at radius 3 is 2.32 bits per heavy atom. The number of benzene rings is 1. The van der Waals surface area contributed by atoms with Crippen LogP contribution in [0.5, 0.6) is 0 Å². The first-order valence-electron chi connectivity index (χ1n) is 5.68. The van der Waals surface area contributed by atoms with Gasteiger partial charge in [0, 0.05) is 25.2 Å². The topological polar surface area (TPSA) is 86.7 Å². The SMILES string of the molecule is C[C@@H](NC(=O)c1cccc(C(=O)N(C)C)c1)C(=O)O. The third kappa shape index (κ3) is 3.80. The van der Waals surface area contributed by atoms with Crippen LogP contribution in [0.25, 0.3) is 0 Å². The van der Waals surface area contributed by atoms with Crippen LogP contribution in [0.1, 0.15) is 27.6 Å². The quantitative estimate of drug-likeness (QED) is 0.833. The molecule has 0 spiro atoms. The number of carboxylic acids is 1. The summed E-state index contributed by atoms with van der Waals surface area (Å²) in [7, 11) is 3.23. The Hall–Kier alpha value is -2.37. The van der Waals surface area contributed by atoms with E-state index in [-0.39, 0.29) is 11.5 Å². The maximum Gasteiger partial charge on any atom is 0.325 e. The molecule has 0 aromatic heterocycles. The van der Waals surface area contributed by atoms with Crippen LogP contribution in [0.4, 0.5) is 0 Å². The first-order valence-corrected chi connectivity index (χ1v) is 5.68. The number of aliphatic carboxylic acids is 1. The molecule has 6 nitrogen and oxygen atoms in total. The van der Waals surface area contributed by atoms with Gasteiger partial charge in [0.05, 0.1) is 0 Å². The predicted octanol–water partition coefficient (Wildman–Crippen LogP) is 0.591. The van der Waals surface area contributed by atoms with E-state index in [9.17, 15) is 14.4 Å². The molecule has 0 aliphatic carbocycles. The van der Waals surface area contributed by atoms with Crippen LogP contribution in [-0.2, 0) is 4.79 Å². The molecule has 0 unspecified atom stereocenters. The highest BCUT2D eigenvalue weighted by molar-refractivity contribution is 6.00. The third-order valence-electron chi connectivity index (χ3n) is 2.50. The van der Waals surface area contributed by atoms with Crippen molar-refractivity contribution in [3.8, 4) is 0 Å². The van der Waals surface area contributed by atoms with Gasteiger partial charge in [-0.25, -0.2) is 0 Å². The number of nitrogens with one attached hydrogen (secondary N) is 1. The van der Waals surface area contributed by atoms with Gasteiger partial charge in [0.1, 0.15) is 6.04 Å². The van der Waals surface area contributed by atoms with E-state index in [1.54, 1.807) is 26.2 Å². The van der Waals surface area contributed by atoms with Crippen LogP contribution in [0, 0.1) is 0 Å². The summed E-state index contributed by atoms with van der Waals surface area (Å²) in [5.41, 5.74) is 0.626. The Kier molecular flexibility index (Phi) is 4.63. The lowest BCUT2D eigenvalue weighted by Crippen LogP contribution is -2.38. The van der Waals surface area contributed by atoms with Gasteiger partial charge in [-0.3, -0.25) is 14.4 Å². The van der Waals surface area contributed by atoms with Gasteiger partial charge in [-0.05, 0) is 25.1 Å². The largest absolute Gasteiger partial charge is 0.480 e. The van der Waals surface area contributed by atoms with Crippen molar-refractivity contribution >= 4 is 17.8 Å². The number of carbonyl (C=O) groups excluding carboxylic acids is 2. The Balaban J connectivity index is 2.90. The minimum atomic E-state index is -1.12. The average Bonchev–Trinajstić information content (AvgIpc) is 2.37. The zero-order valence-corrected chi connectivity index (χ0v) is 11.0. The van der Waals surface area contributed by atoms with E-state index in [4.69, 9.17) is 5.11 Å². The third-order valence-corrected chi connectivity index (χ3v) is 2.50. The monoisotopic (exact) mass is 264 g/mol. The van der Waals surface area contributed by atoms with Crippen LogP contribution in [-0.4, -0.2) is 47.9 Å². The van der Waals surface area contributed by atoms with E-state index in [2.05, 4.69) is 5.32 Å². The van der Waals surface area contributed by atoms with Gasteiger partial charge in [0.2, 0.25) is 0 Å². The Morgan fingerprint density at radius 1 is 1.21 bits per heavy atom. The molecule has 0 saturated heterocycles. The van der Waals surface area contributed by atoms with Gasteiger partial charge in [0.25, 0.3) is 11.8 Å². The fourth-order valence-electron chi connectivity index (χ4n) is 1.39. The molecule has 0 radical (unpaired) electrons. The molecular formula is C13H16N2O4. The second kappa shape index (κ2) is 5.99. The fourth-order valence-corrected chi connectivity index (χ4v) is 1.39. The van der Waals surface area contributed by atoms with E-state index in [1.165, 1.54) is 24.0 Å². The molecule has 0 heterocycles. The number of nitrogens with zero attached hydrogens (tertiary/aromatic N) is 1. The van der Waals surface area contributed by atoms with Crippen molar-refractivity contribution in [1.29, 1.82) is 0 Å². The minimum Gasteiger partial charge on any atom is -0.480 e. The standard InChI is InChI=1S/C13H16N2O4/c1-8(13(18)19)14-11(16)9-5-4-6-10(7-9)12(17)15(2)3/h4-8H,1-3H3,(H,14,16)(H,18,19)/t8-/m1/s1. The van der Waals surface area contributed by atoms with Crippen LogP contribution in [0.2, 0.25) is 0 Å². The lowest BCUT2D eigenvalue weighted by molar-refractivity contribution is -0.138. The Labute approximate surface area is 111 Å². The summed E-state index contributed by atoms with van der Waals surface area (Å²) >= 11 is 0. The van der Waals surface area contributed by atoms with Gasteiger partial charge >= 0.3 is 5.97 Å². The molecule has 102 valence electrons. The molecule has 0 saturated carbocycles. The molecule has 0 fully saturated rings. The predicted molar refractivity (Wildman–Crippen MR) is 69.0 cm³/mol. The lowest BCUT2D eigenvalue weighted by atomic mass is 10.1. The Morgan fingerprint density at radius 2 is 1.79 bits per heavy atom. The summed E-state index contributed by atoms with van der Waals surface area (Å²) < 4.78 is 0. The molecular weight excluding hydrogens is 248 g/mol. The van der Waals surface area contributed by atoms with Crippen LogP contribution in [0.15, 0.2) is 24.3 Å². The molecule has 2 amide bonds. The molecule has 1 aromatic carbocycles. The van der Waals surface area contributed by atoms with E-state index >= 15 is 0 Å². The van der Waals surface area contributed by atoms with Crippen LogP contribution >= 0.6 is 0 Å². The van der Waals surface area contributed by atoms with E-state index in [0.29, 0.717) is 5.56 Å². The van der Waals surface area contributed by atoms with Gasteiger partial charge in [-0.15, -0.1) is 0 Å². The maximum absolute atomic E-state index is 11.8. The molecule has 6 heteroatoms. The van der Waals surface area contributed by atoms with Gasteiger partial charge < -0.3 is 15.3 Å². The smallest absolute Gasteiger partial charge is 0.325 e. The van der Waals surface area contributed by atoms with Crippen LogP contribution in [0.3, 0.4) is 0 Å². The van der Waals surface area contributed by atoms with Crippen molar-refractivity contribution in [3.05, 3.63) is 35.4 Å². The van der Waals surface area contributed by atoms with Gasteiger partial charge in [0.15, 0.2) is 0 Å². The van der Waals surface area contributed by atoms with Gasteiger partial charge in [-0.2, -0.15) is 0 Å². The Bertz CT molecular complexity index is 511. The fraction of sp³-hybridized carbons (Fsp3) is 0.308. The van der Waals surface area contributed by atoms with Crippen LogP contribution < -0.4 is 5.32 Å². The van der Waals surface area contributed by atoms with E-state index in [1.807, 2.05) is 0 Å². The summed E-state index contributed by atoms with van der Waals surface area (Å²) in [4.78, 5) is 35.6. The molecule has 1 atom stereocenters. The highest BCUT2D eigenvalue weighted by atomic mass is 16.4. The first-order chi connectivity index (χ1) is 8.82. The molecule has 0 aliphatic rings. The molecule has 1 rings (SSSR count). The van der Waals surface area contributed by atoms with Crippen molar-refractivity contribution in [3.63, 3.8) is 0 Å². The highest BCUT2D eigenvalue weighted by Gasteiger charge is 2.16. The number of amides is 2. The zero-order chi connectivity index (χ0) is 14.6. The number of hydrogen-bond donors (Lipinski definition) is 2. The van der Waals surface area contributed by atoms with Crippen molar-refractivity contribution in [2.24, 2.45) is 0 Å². The molecule has 0 aliphatic heterocycles. The normalized spacial score (nSPS) is 11.5. The van der Waals surface area contributed by atoms with Crippen molar-refractivity contribution in [2.45, 2.75) is 13.0 Å². The van der Waals surface area contributed by atoms with E-state index in [0.717, 1.165) is 0 Å². The minimum absolute atomic E-state index is 0.221. The number of rotatable bonds is 4. The maximum atomic E-state index is 11.8. The summed E-state index contributed by atoms with van der Waals surface area (Å²) in [6.45, 7) is 1.37. The van der Waals surface area contributed by atoms with E-state index < -0.39 is 17.9 Å². The summed E-state index contributed by atoms with van der Waals surface area (Å²) in [5, 5.41) is 11.0. The zero-order valence-electron chi connectivity index (χ0n) is 11.0. The summed E-state index contributed by atoms with van der Waals surface area (Å²) in [5.74, 6) is -1.86.